The summed E-state index contributed by atoms with van der Waals surface area (Å²) in [6.45, 7) is 4.29. The lowest BCUT2D eigenvalue weighted by Gasteiger charge is -2.22. The molecule has 1 unspecified atom stereocenters. The van der Waals surface area contributed by atoms with Gasteiger partial charge in [-0.2, -0.15) is 0 Å². The van der Waals surface area contributed by atoms with Crippen LogP contribution in [0.2, 0.25) is 0 Å². The number of methoxy groups -OCH3 is 2. The Morgan fingerprint density at radius 1 is 0.905 bits per heavy atom. The van der Waals surface area contributed by atoms with Crippen molar-refractivity contribution in [3.05, 3.63) is 58.7 Å². The molecule has 0 spiro atoms. The van der Waals surface area contributed by atoms with Gasteiger partial charge in [0.25, 0.3) is 0 Å². The molecule has 0 bridgehead atoms. The molecule has 21 heavy (non-hydrogen) atoms. The second-order valence-corrected chi connectivity index (χ2v) is 5.14. The molecule has 2 aromatic rings. The minimum absolute atomic E-state index is 0.131. The maximum Gasteiger partial charge on any atom is 0.161 e. The van der Waals surface area contributed by atoms with Crippen LogP contribution in [-0.2, 0) is 0 Å². The van der Waals surface area contributed by atoms with Crippen LogP contribution in [0.5, 0.6) is 11.5 Å². The number of benzene rings is 2. The Morgan fingerprint density at radius 3 is 2.05 bits per heavy atom. The van der Waals surface area contributed by atoms with Crippen LogP contribution in [0.25, 0.3) is 0 Å². The SMILES string of the molecule is CNC(c1ccc(OC)c(OC)c1)c1c(C)cccc1C. The molecule has 0 fully saturated rings. The molecule has 2 rings (SSSR count). The van der Waals surface area contributed by atoms with E-state index in [0.717, 1.165) is 17.1 Å². The van der Waals surface area contributed by atoms with Gasteiger partial charge in [0.2, 0.25) is 0 Å². The maximum absolute atomic E-state index is 5.42. The Bertz CT molecular complexity index is 602. The first-order valence-corrected chi connectivity index (χ1v) is 7.07. The Labute approximate surface area is 126 Å². The molecule has 0 aliphatic rings. The van der Waals surface area contributed by atoms with Crippen molar-refractivity contribution in [2.75, 3.05) is 21.3 Å². The van der Waals surface area contributed by atoms with Gasteiger partial charge in [0.05, 0.1) is 20.3 Å². The molecular weight excluding hydrogens is 262 g/mol. The molecule has 112 valence electrons. The van der Waals surface area contributed by atoms with Gasteiger partial charge in [0, 0.05) is 0 Å². The molecule has 0 amide bonds. The first-order valence-electron chi connectivity index (χ1n) is 7.07. The Morgan fingerprint density at radius 2 is 1.52 bits per heavy atom. The van der Waals surface area contributed by atoms with Crippen LogP contribution >= 0.6 is 0 Å². The van der Waals surface area contributed by atoms with Crippen LogP contribution < -0.4 is 14.8 Å². The minimum atomic E-state index is 0.131. The zero-order chi connectivity index (χ0) is 15.4. The van der Waals surface area contributed by atoms with Gasteiger partial charge in [-0.05, 0) is 55.3 Å². The predicted octanol–water partition coefficient (Wildman–Crippen LogP) is 3.63. The van der Waals surface area contributed by atoms with E-state index >= 15 is 0 Å². The van der Waals surface area contributed by atoms with Crippen molar-refractivity contribution in [1.82, 2.24) is 5.32 Å². The number of rotatable bonds is 5. The van der Waals surface area contributed by atoms with Gasteiger partial charge in [0.1, 0.15) is 0 Å². The van der Waals surface area contributed by atoms with Crippen LogP contribution in [0, 0.1) is 13.8 Å². The summed E-state index contributed by atoms with van der Waals surface area (Å²) in [7, 11) is 5.29. The molecule has 1 atom stereocenters. The lowest BCUT2D eigenvalue weighted by molar-refractivity contribution is 0.354. The average Bonchev–Trinajstić information content (AvgIpc) is 2.50. The summed E-state index contributed by atoms with van der Waals surface area (Å²) in [5.74, 6) is 1.50. The Kier molecular flexibility index (Phi) is 4.86. The molecule has 1 N–H and O–H groups in total. The smallest absolute Gasteiger partial charge is 0.161 e. The molecule has 0 radical (unpaired) electrons. The summed E-state index contributed by atoms with van der Waals surface area (Å²) in [4.78, 5) is 0. The van der Waals surface area contributed by atoms with Crippen LogP contribution in [0.1, 0.15) is 28.3 Å². The third-order valence-corrected chi connectivity index (χ3v) is 3.86. The van der Waals surface area contributed by atoms with E-state index in [-0.39, 0.29) is 6.04 Å². The molecule has 2 aromatic carbocycles. The molecule has 3 heteroatoms. The number of hydrogen-bond acceptors (Lipinski definition) is 3. The van der Waals surface area contributed by atoms with Crippen LogP contribution in [0.4, 0.5) is 0 Å². The lowest BCUT2D eigenvalue weighted by Crippen LogP contribution is -2.20. The van der Waals surface area contributed by atoms with E-state index in [1.165, 1.54) is 16.7 Å². The van der Waals surface area contributed by atoms with E-state index in [2.05, 4.69) is 43.4 Å². The molecule has 0 aromatic heterocycles. The van der Waals surface area contributed by atoms with Crippen LogP contribution in [-0.4, -0.2) is 21.3 Å². The average molecular weight is 285 g/mol. The quantitative estimate of drug-likeness (QED) is 0.910. The van der Waals surface area contributed by atoms with Gasteiger partial charge < -0.3 is 14.8 Å². The topological polar surface area (TPSA) is 30.5 Å². The van der Waals surface area contributed by atoms with E-state index in [4.69, 9.17) is 9.47 Å². The van der Waals surface area contributed by atoms with Crippen molar-refractivity contribution in [3.63, 3.8) is 0 Å². The van der Waals surface area contributed by atoms with Crippen molar-refractivity contribution in [1.29, 1.82) is 0 Å². The molecular formula is C18H23NO2. The normalized spacial score (nSPS) is 12.0. The summed E-state index contributed by atoms with van der Waals surface area (Å²) >= 11 is 0. The highest BCUT2D eigenvalue weighted by Gasteiger charge is 2.18. The van der Waals surface area contributed by atoms with Gasteiger partial charge in [-0.25, -0.2) is 0 Å². The summed E-state index contributed by atoms with van der Waals surface area (Å²) in [6, 6.07) is 12.6. The van der Waals surface area contributed by atoms with Crippen LogP contribution in [0.3, 0.4) is 0 Å². The van der Waals surface area contributed by atoms with Gasteiger partial charge in [-0.1, -0.05) is 24.3 Å². The standard InChI is InChI=1S/C18H23NO2/c1-12-7-6-8-13(2)17(12)18(19-3)14-9-10-15(20-4)16(11-14)21-5/h6-11,18-19H,1-5H3. The first-order chi connectivity index (χ1) is 10.1. The fourth-order valence-electron chi connectivity index (χ4n) is 2.79. The second kappa shape index (κ2) is 6.64. The minimum Gasteiger partial charge on any atom is -0.493 e. The fraction of sp³-hybridized carbons (Fsp3) is 0.333. The van der Waals surface area contributed by atoms with Gasteiger partial charge >= 0.3 is 0 Å². The molecule has 0 saturated heterocycles. The Balaban J connectivity index is 2.51. The highest BCUT2D eigenvalue weighted by Crippen LogP contribution is 2.34. The second-order valence-electron chi connectivity index (χ2n) is 5.14. The zero-order valence-corrected chi connectivity index (χ0v) is 13.4. The summed E-state index contributed by atoms with van der Waals surface area (Å²) in [5, 5.41) is 3.41. The summed E-state index contributed by atoms with van der Waals surface area (Å²) in [6.07, 6.45) is 0. The molecule has 0 aliphatic heterocycles. The maximum atomic E-state index is 5.42. The number of ether oxygens (including phenoxy) is 2. The number of nitrogens with one attached hydrogen (secondary N) is 1. The van der Waals surface area contributed by atoms with Gasteiger partial charge in [-0.15, -0.1) is 0 Å². The van der Waals surface area contributed by atoms with Gasteiger partial charge in [-0.3, -0.25) is 0 Å². The largest absolute Gasteiger partial charge is 0.493 e. The van der Waals surface area contributed by atoms with E-state index in [1.54, 1.807) is 14.2 Å². The molecule has 3 nitrogen and oxygen atoms in total. The third kappa shape index (κ3) is 3.03. The number of aryl methyl sites for hydroxylation is 2. The van der Waals surface area contributed by atoms with Crippen LogP contribution in [0.15, 0.2) is 36.4 Å². The predicted molar refractivity (Wildman–Crippen MR) is 86.4 cm³/mol. The lowest BCUT2D eigenvalue weighted by atomic mass is 9.91. The number of hydrogen-bond donors (Lipinski definition) is 1. The van der Waals surface area contributed by atoms with E-state index < -0.39 is 0 Å². The molecule has 0 aliphatic carbocycles. The van der Waals surface area contributed by atoms with Crippen molar-refractivity contribution in [2.45, 2.75) is 19.9 Å². The van der Waals surface area contributed by atoms with Crippen molar-refractivity contribution in [2.24, 2.45) is 0 Å². The van der Waals surface area contributed by atoms with E-state index in [0.29, 0.717) is 0 Å². The molecule has 0 saturated carbocycles. The van der Waals surface area contributed by atoms with E-state index in [1.807, 2.05) is 19.2 Å². The third-order valence-electron chi connectivity index (χ3n) is 3.86. The van der Waals surface area contributed by atoms with Crippen molar-refractivity contribution < 1.29 is 9.47 Å². The highest BCUT2D eigenvalue weighted by atomic mass is 16.5. The molecule has 0 heterocycles. The summed E-state index contributed by atoms with van der Waals surface area (Å²) < 4.78 is 10.7. The monoisotopic (exact) mass is 285 g/mol. The van der Waals surface area contributed by atoms with E-state index in [9.17, 15) is 0 Å². The zero-order valence-electron chi connectivity index (χ0n) is 13.4. The highest BCUT2D eigenvalue weighted by molar-refractivity contribution is 5.48. The summed E-state index contributed by atoms with van der Waals surface area (Å²) in [5.41, 5.74) is 5.04. The van der Waals surface area contributed by atoms with Crippen molar-refractivity contribution in [3.8, 4) is 11.5 Å². The van der Waals surface area contributed by atoms with Gasteiger partial charge in [0.15, 0.2) is 11.5 Å². The first kappa shape index (κ1) is 15.4. The fourth-order valence-corrected chi connectivity index (χ4v) is 2.79. The Hall–Kier alpha value is -2.00. The van der Waals surface area contributed by atoms with Crippen molar-refractivity contribution >= 4 is 0 Å².